The number of aromatic hydroxyl groups is 1. The summed E-state index contributed by atoms with van der Waals surface area (Å²) >= 11 is 0. The van der Waals surface area contributed by atoms with Crippen molar-refractivity contribution in [3.05, 3.63) is 53.6 Å². The van der Waals surface area contributed by atoms with Crippen LogP contribution in [0.4, 0.5) is 0 Å². The topological polar surface area (TPSA) is 55.8 Å². The number of carbonyl (C=O) groups is 1. The summed E-state index contributed by atoms with van der Waals surface area (Å²) < 4.78 is 11.1. The Kier molecular flexibility index (Phi) is 9.03. The van der Waals surface area contributed by atoms with E-state index in [1.54, 1.807) is 29.8 Å². The largest absolute Gasteiger partial charge is 0.504 e. The summed E-state index contributed by atoms with van der Waals surface area (Å²) in [6.07, 6.45) is 17.8. The first-order valence-electron chi connectivity index (χ1n) is 16.6. The number of hydrogen-bond donors (Lipinski definition) is 1. The van der Waals surface area contributed by atoms with Crippen molar-refractivity contribution in [1.82, 2.24) is 0 Å². The van der Waals surface area contributed by atoms with Crippen molar-refractivity contribution in [1.29, 1.82) is 0 Å². The number of fused-ring (bicyclic) bond motifs is 5. The lowest BCUT2D eigenvalue weighted by Gasteiger charge is -2.58. The Morgan fingerprint density at radius 3 is 2.64 bits per heavy atom. The highest BCUT2D eigenvalue weighted by molar-refractivity contribution is 5.87. The number of esters is 1. The van der Waals surface area contributed by atoms with E-state index in [4.69, 9.17) is 9.47 Å². The minimum absolute atomic E-state index is 0.0569. The van der Waals surface area contributed by atoms with Crippen molar-refractivity contribution in [3.8, 4) is 11.5 Å². The minimum Gasteiger partial charge on any atom is -0.504 e. The fraction of sp³-hybridized carbons (Fsp3) is 0.658. The Hall–Kier alpha value is -2.49. The molecule has 8 atom stereocenters. The Bertz CT molecular complexity index is 1230. The lowest BCUT2D eigenvalue weighted by Crippen LogP contribution is -2.51. The number of allylic oxidation sites excluding steroid dienone is 2. The van der Waals surface area contributed by atoms with Crippen LogP contribution in [0.15, 0.2) is 48.1 Å². The summed E-state index contributed by atoms with van der Waals surface area (Å²) in [5.74, 6) is 4.76. The van der Waals surface area contributed by atoms with Gasteiger partial charge in [-0.1, -0.05) is 64.5 Å². The second kappa shape index (κ2) is 12.2. The van der Waals surface area contributed by atoms with Gasteiger partial charge < -0.3 is 14.6 Å². The van der Waals surface area contributed by atoms with Crippen LogP contribution in [0.1, 0.15) is 104 Å². The van der Waals surface area contributed by atoms with E-state index in [0.29, 0.717) is 17.1 Å². The van der Waals surface area contributed by atoms with Crippen molar-refractivity contribution < 1.29 is 19.4 Å². The average molecular weight is 575 g/mol. The van der Waals surface area contributed by atoms with Gasteiger partial charge in [-0.2, -0.15) is 0 Å². The van der Waals surface area contributed by atoms with Gasteiger partial charge in [-0.05, 0) is 128 Å². The molecule has 0 heterocycles. The third-order valence-electron chi connectivity index (χ3n) is 12.5. The minimum atomic E-state index is -0.304. The lowest BCUT2D eigenvalue weighted by molar-refractivity contribution is -0.145. The average Bonchev–Trinajstić information content (AvgIpc) is 3.32. The van der Waals surface area contributed by atoms with Crippen molar-refractivity contribution >= 4 is 12.0 Å². The Morgan fingerprint density at radius 1 is 1.12 bits per heavy atom. The molecule has 42 heavy (non-hydrogen) atoms. The maximum Gasteiger partial charge on any atom is 0.331 e. The van der Waals surface area contributed by atoms with E-state index in [9.17, 15) is 9.90 Å². The summed E-state index contributed by atoms with van der Waals surface area (Å²) in [5, 5.41) is 9.81. The summed E-state index contributed by atoms with van der Waals surface area (Å²) in [6, 6.07) is 5.03. The molecule has 4 aliphatic carbocycles. The number of phenols is 1. The molecular formula is C38H54O4. The zero-order valence-corrected chi connectivity index (χ0v) is 27.0. The van der Waals surface area contributed by atoms with Crippen LogP contribution in [-0.2, 0) is 9.53 Å². The molecule has 4 nitrogen and oxygen atoms in total. The first-order chi connectivity index (χ1) is 20.0. The van der Waals surface area contributed by atoms with Crippen LogP contribution in [0, 0.1) is 46.3 Å². The summed E-state index contributed by atoms with van der Waals surface area (Å²) in [5.41, 5.74) is 4.46. The first kappa shape index (κ1) is 31.0. The second-order valence-electron chi connectivity index (χ2n) is 14.9. The molecule has 3 fully saturated rings. The van der Waals surface area contributed by atoms with Crippen LogP contribution in [0.2, 0.25) is 0 Å². The molecule has 0 aromatic heterocycles. The maximum atomic E-state index is 12.7. The van der Waals surface area contributed by atoms with Gasteiger partial charge in [0.2, 0.25) is 0 Å². The van der Waals surface area contributed by atoms with Gasteiger partial charge in [0.1, 0.15) is 6.10 Å². The number of carbonyl (C=O) groups excluding carboxylic acids is 1. The zero-order chi connectivity index (χ0) is 30.2. The summed E-state index contributed by atoms with van der Waals surface area (Å²) in [7, 11) is 1.51. The van der Waals surface area contributed by atoms with Crippen LogP contribution >= 0.6 is 0 Å². The molecule has 0 bridgehead atoms. The molecule has 0 radical (unpaired) electrons. The number of methoxy groups -OCH3 is 1. The quantitative estimate of drug-likeness (QED) is 0.181. The molecule has 0 amide bonds. The molecule has 230 valence electrons. The fourth-order valence-corrected chi connectivity index (χ4v) is 9.77. The van der Waals surface area contributed by atoms with E-state index in [-0.39, 0.29) is 23.2 Å². The van der Waals surface area contributed by atoms with Gasteiger partial charge in [-0.3, -0.25) is 0 Å². The van der Waals surface area contributed by atoms with Gasteiger partial charge in [-0.15, -0.1) is 0 Å². The van der Waals surface area contributed by atoms with Crippen molar-refractivity contribution in [2.45, 2.75) is 105 Å². The molecule has 1 N–H and O–H groups in total. The highest BCUT2D eigenvalue weighted by Gasteiger charge is 2.59. The van der Waals surface area contributed by atoms with Crippen LogP contribution in [0.25, 0.3) is 6.08 Å². The van der Waals surface area contributed by atoms with Crippen LogP contribution in [0.5, 0.6) is 11.5 Å². The number of rotatable bonds is 9. The molecule has 3 saturated carbocycles. The van der Waals surface area contributed by atoms with Gasteiger partial charge in [0.05, 0.1) is 7.11 Å². The predicted molar refractivity (Wildman–Crippen MR) is 171 cm³/mol. The lowest BCUT2D eigenvalue weighted by atomic mass is 9.47. The normalized spacial score (nSPS) is 34.7. The molecule has 0 spiro atoms. The maximum absolute atomic E-state index is 12.7. The fourth-order valence-electron chi connectivity index (χ4n) is 9.77. The number of phenolic OH excluding ortho intramolecular Hbond substituents is 1. The molecule has 1 aromatic rings. The second-order valence-corrected chi connectivity index (χ2v) is 14.9. The standard InChI is InChI=1S/C38H54O4/c1-24(2)25(3)8-9-26(4)31-14-15-32-30-13-12-28-23-29(18-20-37(28,5)33(30)19-21-38(31,32)6)42-36(40)17-11-27-10-16-34(39)35(22-27)41-7/h10-12,16-17,22,24,26,29-33,39H,3,8-9,13-15,18-21,23H2,1-2,4-7H3/b17-11+/t26-,29+,30?,31-,32+,33+,37+,38-/m1/s1. The molecule has 4 aliphatic rings. The van der Waals surface area contributed by atoms with Gasteiger partial charge in [0, 0.05) is 12.5 Å². The monoisotopic (exact) mass is 574 g/mol. The number of hydrogen-bond acceptors (Lipinski definition) is 4. The molecule has 0 saturated heterocycles. The number of benzene rings is 1. The van der Waals surface area contributed by atoms with Crippen LogP contribution in [-0.4, -0.2) is 24.3 Å². The smallest absolute Gasteiger partial charge is 0.331 e. The van der Waals surface area contributed by atoms with Gasteiger partial charge >= 0.3 is 5.97 Å². The van der Waals surface area contributed by atoms with E-state index in [1.165, 1.54) is 63.7 Å². The van der Waals surface area contributed by atoms with Crippen molar-refractivity contribution in [3.63, 3.8) is 0 Å². The first-order valence-corrected chi connectivity index (χ1v) is 16.6. The Labute approximate surface area is 254 Å². The highest BCUT2D eigenvalue weighted by Crippen LogP contribution is 2.67. The molecule has 1 unspecified atom stereocenters. The summed E-state index contributed by atoms with van der Waals surface area (Å²) in [6.45, 7) is 16.6. The van der Waals surface area contributed by atoms with E-state index in [1.807, 2.05) is 0 Å². The van der Waals surface area contributed by atoms with Crippen molar-refractivity contribution in [2.75, 3.05) is 7.11 Å². The van der Waals surface area contributed by atoms with Gasteiger partial charge in [0.15, 0.2) is 11.5 Å². The summed E-state index contributed by atoms with van der Waals surface area (Å²) in [4.78, 5) is 12.7. The third kappa shape index (κ3) is 5.84. The molecule has 5 rings (SSSR count). The van der Waals surface area contributed by atoms with Crippen LogP contribution < -0.4 is 4.74 Å². The van der Waals surface area contributed by atoms with E-state index in [0.717, 1.165) is 54.4 Å². The van der Waals surface area contributed by atoms with E-state index in [2.05, 4.69) is 47.3 Å². The molecule has 4 heteroatoms. The molecule has 0 aliphatic heterocycles. The zero-order valence-electron chi connectivity index (χ0n) is 27.0. The SMILES string of the molecule is C=C(CC[C@@H](C)[C@H]1CC[C@H]2C3CC=C4C[C@@H](OC(=O)/C=C/c5ccc(O)c(OC)c5)CC[C@]4(C)[C@H]3CC[C@]12C)C(C)C. The highest BCUT2D eigenvalue weighted by atomic mass is 16.5. The van der Waals surface area contributed by atoms with E-state index >= 15 is 0 Å². The third-order valence-corrected chi connectivity index (χ3v) is 12.5. The Morgan fingerprint density at radius 2 is 1.90 bits per heavy atom. The molecule has 1 aromatic carbocycles. The van der Waals surface area contributed by atoms with Crippen LogP contribution in [0.3, 0.4) is 0 Å². The van der Waals surface area contributed by atoms with Gasteiger partial charge in [0.25, 0.3) is 0 Å². The van der Waals surface area contributed by atoms with Crippen molar-refractivity contribution in [2.24, 2.45) is 46.3 Å². The van der Waals surface area contributed by atoms with Gasteiger partial charge in [-0.25, -0.2) is 4.79 Å². The molecular weight excluding hydrogens is 520 g/mol. The predicted octanol–water partition coefficient (Wildman–Crippen LogP) is 9.53. The number of ether oxygens (including phenoxy) is 2. The van der Waals surface area contributed by atoms with E-state index < -0.39 is 0 Å². The Balaban J connectivity index is 1.21.